The van der Waals surface area contributed by atoms with Crippen LogP contribution in [0.4, 0.5) is 0 Å². The summed E-state index contributed by atoms with van der Waals surface area (Å²) in [5.41, 5.74) is 3.26. The van der Waals surface area contributed by atoms with Crippen LogP contribution in [0.5, 0.6) is 11.5 Å². The van der Waals surface area contributed by atoms with E-state index in [4.69, 9.17) is 21.1 Å². The van der Waals surface area contributed by atoms with E-state index < -0.39 is 0 Å². The highest BCUT2D eigenvalue weighted by Gasteiger charge is 2.13. The number of halogens is 1. The molecule has 140 valence electrons. The van der Waals surface area contributed by atoms with Crippen molar-refractivity contribution >= 4 is 17.6 Å². The maximum absolute atomic E-state index is 12.0. The summed E-state index contributed by atoms with van der Waals surface area (Å²) in [6, 6.07) is 11.5. The molecule has 0 spiro atoms. The lowest BCUT2D eigenvalue weighted by atomic mass is 9.87. The predicted molar refractivity (Wildman–Crippen MR) is 106 cm³/mol. The molecule has 2 aromatic carbocycles. The van der Waals surface area contributed by atoms with E-state index in [1.54, 1.807) is 0 Å². The zero-order chi connectivity index (χ0) is 19.3. The number of ether oxygens (including phenoxy) is 2. The molecule has 0 radical (unpaired) electrons. The summed E-state index contributed by atoms with van der Waals surface area (Å²) < 4.78 is 11.1. The van der Waals surface area contributed by atoms with Crippen LogP contribution in [0.25, 0.3) is 0 Å². The van der Waals surface area contributed by atoms with Crippen molar-refractivity contribution in [1.29, 1.82) is 0 Å². The second-order valence-electron chi connectivity index (χ2n) is 7.57. The van der Waals surface area contributed by atoms with Gasteiger partial charge in [-0.25, -0.2) is 0 Å². The Bertz CT molecular complexity index is 735. The first kappa shape index (κ1) is 20.3. The Labute approximate surface area is 161 Å². The van der Waals surface area contributed by atoms with Gasteiger partial charge in [-0.15, -0.1) is 0 Å². The Morgan fingerprint density at radius 3 is 2.12 bits per heavy atom. The van der Waals surface area contributed by atoms with E-state index in [1.165, 1.54) is 5.56 Å². The third-order valence-electron chi connectivity index (χ3n) is 4.16. The number of aryl methyl sites for hydroxylation is 2. The van der Waals surface area contributed by atoms with Gasteiger partial charge in [-0.2, -0.15) is 0 Å². The summed E-state index contributed by atoms with van der Waals surface area (Å²) in [4.78, 5) is 12.0. The van der Waals surface area contributed by atoms with Crippen LogP contribution in [-0.4, -0.2) is 12.6 Å². The molecule has 0 saturated carbocycles. The molecule has 0 saturated heterocycles. The molecule has 0 aliphatic carbocycles. The minimum Gasteiger partial charge on any atom is -0.494 e. The molecule has 0 unspecified atom stereocenters. The summed E-state index contributed by atoms with van der Waals surface area (Å²) in [5.74, 6) is 1.10. The topological polar surface area (TPSA) is 35.5 Å². The quantitative estimate of drug-likeness (QED) is 0.352. The Hall–Kier alpha value is -2.00. The van der Waals surface area contributed by atoms with Crippen LogP contribution in [0.3, 0.4) is 0 Å². The Morgan fingerprint density at radius 1 is 1.00 bits per heavy atom. The van der Waals surface area contributed by atoms with Crippen LogP contribution >= 0.6 is 11.6 Å². The molecule has 26 heavy (non-hydrogen) atoms. The first-order valence-electron chi connectivity index (χ1n) is 8.87. The zero-order valence-electron chi connectivity index (χ0n) is 16.2. The van der Waals surface area contributed by atoms with Gasteiger partial charge in [0, 0.05) is 11.4 Å². The largest absolute Gasteiger partial charge is 0.494 e. The van der Waals surface area contributed by atoms with Gasteiger partial charge in [0.05, 0.1) is 6.61 Å². The first-order chi connectivity index (χ1) is 12.2. The van der Waals surface area contributed by atoms with E-state index in [0.717, 1.165) is 21.9 Å². The molecule has 0 N–H and O–H groups in total. The van der Waals surface area contributed by atoms with Gasteiger partial charge < -0.3 is 9.47 Å². The van der Waals surface area contributed by atoms with E-state index in [-0.39, 0.29) is 11.4 Å². The normalized spacial score (nSPS) is 11.3. The van der Waals surface area contributed by atoms with E-state index in [0.29, 0.717) is 25.2 Å². The SMILES string of the molecule is Cc1cc(OCCCC(=O)Oc2ccc(C(C)(C)C)cc2)cc(C)c1Cl. The minimum atomic E-state index is -0.249. The number of hydrogen-bond donors (Lipinski definition) is 0. The molecule has 2 rings (SSSR count). The van der Waals surface area contributed by atoms with Gasteiger partial charge in [-0.3, -0.25) is 4.79 Å². The molecule has 0 aliphatic heterocycles. The maximum Gasteiger partial charge on any atom is 0.311 e. The van der Waals surface area contributed by atoms with Crippen LogP contribution in [0, 0.1) is 13.8 Å². The number of rotatable bonds is 6. The van der Waals surface area contributed by atoms with Gasteiger partial charge in [0.1, 0.15) is 11.5 Å². The fraction of sp³-hybridized carbons (Fsp3) is 0.409. The molecule has 3 nitrogen and oxygen atoms in total. The molecule has 2 aromatic rings. The molecule has 0 aliphatic rings. The van der Waals surface area contributed by atoms with Crippen LogP contribution in [0.2, 0.25) is 5.02 Å². The van der Waals surface area contributed by atoms with Crippen LogP contribution < -0.4 is 9.47 Å². The van der Waals surface area contributed by atoms with Gasteiger partial charge in [0.25, 0.3) is 0 Å². The average molecular weight is 375 g/mol. The Balaban J connectivity index is 1.77. The lowest BCUT2D eigenvalue weighted by Crippen LogP contribution is -2.12. The smallest absolute Gasteiger partial charge is 0.311 e. The summed E-state index contributed by atoms with van der Waals surface area (Å²) in [6.07, 6.45) is 0.909. The van der Waals surface area contributed by atoms with Crippen LogP contribution in [-0.2, 0) is 10.2 Å². The van der Waals surface area contributed by atoms with Crippen molar-refractivity contribution in [2.45, 2.75) is 52.9 Å². The molecule has 0 heterocycles. The van der Waals surface area contributed by atoms with E-state index in [1.807, 2.05) is 50.2 Å². The summed E-state index contributed by atoms with van der Waals surface area (Å²) in [7, 11) is 0. The number of carbonyl (C=O) groups is 1. The minimum absolute atomic E-state index is 0.0816. The van der Waals surface area contributed by atoms with Gasteiger partial charge in [-0.1, -0.05) is 44.5 Å². The highest BCUT2D eigenvalue weighted by molar-refractivity contribution is 6.32. The van der Waals surface area contributed by atoms with Crippen molar-refractivity contribution in [3.63, 3.8) is 0 Å². The molecular formula is C22H27ClO3. The molecule has 0 bridgehead atoms. The molecule has 0 amide bonds. The lowest BCUT2D eigenvalue weighted by molar-refractivity contribution is -0.134. The third kappa shape index (κ3) is 5.77. The zero-order valence-corrected chi connectivity index (χ0v) is 16.9. The summed E-state index contributed by atoms with van der Waals surface area (Å²) in [5, 5.41) is 0.762. The van der Waals surface area contributed by atoms with E-state index in [2.05, 4.69) is 20.8 Å². The summed E-state index contributed by atoms with van der Waals surface area (Å²) >= 11 is 6.15. The number of benzene rings is 2. The van der Waals surface area contributed by atoms with Crippen molar-refractivity contribution < 1.29 is 14.3 Å². The van der Waals surface area contributed by atoms with Crippen LogP contribution in [0.15, 0.2) is 36.4 Å². The lowest BCUT2D eigenvalue weighted by Gasteiger charge is -2.19. The molecular weight excluding hydrogens is 348 g/mol. The van der Waals surface area contributed by atoms with E-state index >= 15 is 0 Å². The molecule has 0 aromatic heterocycles. The van der Waals surface area contributed by atoms with Crippen LogP contribution in [0.1, 0.15) is 50.3 Å². The van der Waals surface area contributed by atoms with Crippen molar-refractivity contribution in [3.8, 4) is 11.5 Å². The van der Waals surface area contributed by atoms with Crippen molar-refractivity contribution in [1.82, 2.24) is 0 Å². The first-order valence-corrected chi connectivity index (χ1v) is 9.25. The van der Waals surface area contributed by atoms with Crippen molar-refractivity contribution in [3.05, 3.63) is 58.1 Å². The number of hydrogen-bond acceptors (Lipinski definition) is 3. The fourth-order valence-corrected chi connectivity index (χ4v) is 2.71. The van der Waals surface area contributed by atoms with Crippen molar-refractivity contribution in [2.24, 2.45) is 0 Å². The molecule has 0 atom stereocenters. The standard InChI is InChI=1S/C22H27ClO3/c1-15-13-19(14-16(2)21(15)23)25-12-6-7-20(24)26-18-10-8-17(9-11-18)22(3,4)5/h8-11,13-14H,6-7,12H2,1-5H3. The maximum atomic E-state index is 12.0. The number of carbonyl (C=O) groups excluding carboxylic acids is 1. The van der Waals surface area contributed by atoms with Gasteiger partial charge >= 0.3 is 5.97 Å². The molecule has 4 heteroatoms. The number of esters is 1. The van der Waals surface area contributed by atoms with Crippen molar-refractivity contribution in [2.75, 3.05) is 6.61 Å². The second-order valence-corrected chi connectivity index (χ2v) is 7.95. The second kappa shape index (κ2) is 8.59. The highest BCUT2D eigenvalue weighted by atomic mass is 35.5. The van der Waals surface area contributed by atoms with Gasteiger partial charge in [-0.05, 0) is 66.6 Å². The third-order valence-corrected chi connectivity index (χ3v) is 4.75. The highest BCUT2D eigenvalue weighted by Crippen LogP contribution is 2.26. The fourth-order valence-electron chi connectivity index (χ4n) is 2.60. The van der Waals surface area contributed by atoms with E-state index in [9.17, 15) is 4.79 Å². The van der Waals surface area contributed by atoms with Gasteiger partial charge in [0.15, 0.2) is 0 Å². The molecule has 0 fully saturated rings. The Morgan fingerprint density at radius 2 is 1.58 bits per heavy atom. The summed E-state index contributed by atoms with van der Waals surface area (Å²) in [6.45, 7) is 10.8. The monoisotopic (exact) mass is 374 g/mol. The average Bonchev–Trinajstić information content (AvgIpc) is 2.56. The predicted octanol–water partition coefficient (Wildman–Crippen LogP) is 6.02. The Kier molecular flexibility index (Phi) is 6.71. The van der Waals surface area contributed by atoms with Gasteiger partial charge in [0.2, 0.25) is 0 Å².